The Morgan fingerprint density at radius 3 is 2.74 bits per heavy atom. The van der Waals surface area contributed by atoms with Gasteiger partial charge in [-0.3, -0.25) is 4.79 Å². The number of halogens is 1. The summed E-state index contributed by atoms with van der Waals surface area (Å²) in [5.41, 5.74) is 0.0308. The lowest BCUT2D eigenvalue weighted by molar-refractivity contribution is -0.140. The van der Waals surface area contributed by atoms with Crippen LogP contribution in [0, 0.1) is 11.2 Å². The maximum Gasteiger partial charge on any atom is 0.227 e. The first-order valence-corrected chi connectivity index (χ1v) is 8.27. The van der Waals surface area contributed by atoms with Gasteiger partial charge in [-0.1, -0.05) is 27.7 Å². The Labute approximate surface area is 137 Å². The zero-order valence-electron chi connectivity index (χ0n) is 14.8. The number of rotatable bonds is 3. The average molecular weight is 322 g/mol. The van der Waals surface area contributed by atoms with Crippen LogP contribution in [0.3, 0.4) is 0 Å². The Balaban J connectivity index is 2.17. The van der Waals surface area contributed by atoms with E-state index in [4.69, 9.17) is 0 Å². The summed E-state index contributed by atoms with van der Waals surface area (Å²) >= 11 is 0. The van der Waals surface area contributed by atoms with Crippen LogP contribution in [0.5, 0.6) is 0 Å². The van der Waals surface area contributed by atoms with Gasteiger partial charge in [-0.05, 0) is 19.3 Å². The summed E-state index contributed by atoms with van der Waals surface area (Å²) < 4.78 is 14.5. The van der Waals surface area contributed by atoms with E-state index in [0.717, 1.165) is 19.4 Å². The van der Waals surface area contributed by atoms with E-state index in [1.807, 2.05) is 44.5 Å². The Kier molecular flexibility index (Phi) is 5.22. The summed E-state index contributed by atoms with van der Waals surface area (Å²) in [5, 5.41) is 0. The van der Waals surface area contributed by atoms with Crippen molar-refractivity contribution < 1.29 is 9.18 Å². The van der Waals surface area contributed by atoms with E-state index in [0.29, 0.717) is 24.5 Å². The molecule has 5 nitrogen and oxygen atoms in total. The van der Waals surface area contributed by atoms with Crippen LogP contribution in [0.1, 0.15) is 46.2 Å². The molecule has 0 aliphatic carbocycles. The molecule has 1 fully saturated rings. The van der Waals surface area contributed by atoms with Crippen LogP contribution >= 0.6 is 0 Å². The normalized spacial score (nSPS) is 18.9. The lowest BCUT2D eigenvalue weighted by Crippen LogP contribution is -2.51. The molecule has 1 atom stereocenters. The van der Waals surface area contributed by atoms with Gasteiger partial charge in [0, 0.05) is 31.6 Å². The number of carbonyl (C=O) groups excluding carboxylic acids is 1. The maximum atomic E-state index is 14.5. The van der Waals surface area contributed by atoms with Gasteiger partial charge in [-0.25, -0.2) is 14.4 Å². The van der Waals surface area contributed by atoms with E-state index in [-0.39, 0.29) is 17.8 Å². The Hall–Kier alpha value is -1.72. The first kappa shape index (κ1) is 17.6. The lowest BCUT2D eigenvalue weighted by Gasteiger charge is -2.40. The molecule has 1 amide bonds. The van der Waals surface area contributed by atoms with Crippen molar-refractivity contribution in [1.29, 1.82) is 0 Å². The van der Waals surface area contributed by atoms with Crippen molar-refractivity contribution in [2.45, 2.75) is 53.0 Å². The van der Waals surface area contributed by atoms with Gasteiger partial charge in [0.25, 0.3) is 0 Å². The fourth-order valence-corrected chi connectivity index (χ4v) is 3.02. The number of hydrogen-bond donors (Lipinski definition) is 0. The van der Waals surface area contributed by atoms with E-state index in [2.05, 4.69) is 9.97 Å². The average Bonchev–Trinajstić information content (AvgIpc) is 2.53. The number of aryl methyl sites for hydroxylation is 1. The highest BCUT2D eigenvalue weighted by atomic mass is 19.1. The third kappa shape index (κ3) is 3.79. The molecule has 1 aromatic rings. The standard InChI is InChI=1S/C17H27FN4O/c1-6-13-14(18)15(20-11-19-13)22-9-7-8-12(10-22)21(5)16(23)17(2,3)4/h11-12H,6-10H2,1-5H3. The topological polar surface area (TPSA) is 49.3 Å². The summed E-state index contributed by atoms with van der Waals surface area (Å²) in [6, 6.07) is 0.0786. The smallest absolute Gasteiger partial charge is 0.227 e. The largest absolute Gasteiger partial charge is 0.352 e. The van der Waals surface area contributed by atoms with Crippen molar-refractivity contribution >= 4 is 11.7 Å². The van der Waals surface area contributed by atoms with Crippen LogP contribution < -0.4 is 4.90 Å². The van der Waals surface area contributed by atoms with Gasteiger partial charge < -0.3 is 9.80 Å². The van der Waals surface area contributed by atoms with Gasteiger partial charge in [0.2, 0.25) is 5.91 Å². The zero-order valence-corrected chi connectivity index (χ0v) is 14.8. The molecule has 0 spiro atoms. The van der Waals surface area contributed by atoms with Gasteiger partial charge in [0.1, 0.15) is 6.33 Å². The van der Waals surface area contributed by atoms with E-state index in [9.17, 15) is 9.18 Å². The molecule has 1 unspecified atom stereocenters. The number of amides is 1. The first-order chi connectivity index (χ1) is 10.8. The minimum absolute atomic E-state index is 0.0786. The van der Waals surface area contributed by atoms with E-state index in [1.54, 1.807) is 0 Å². The fraction of sp³-hybridized carbons (Fsp3) is 0.706. The minimum Gasteiger partial charge on any atom is -0.352 e. The molecular weight excluding hydrogens is 295 g/mol. The molecule has 23 heavy (non-hydrogen) atoms. The minimum atomic E-state index is -0.410. The van der Waals surface area contributed by atoms with Crippen LogP contribution in [0.25, 0.3) is 0 Å². The molecule has 1 aliphatic rings. The molecule has 0 aromatic carbocycles. The van der Waals surface area contributed by atoms with Crippen molar-refractivity contribution in [2.75, 3.05) is 25.0 Å². The molecule has 0 saturated carbocycles. The Bertz CT molecular complexity index is 570. The second-order valence-electron chi connectivity index (χ2n) is 7.22. The SMILES string of the molecule is CCc1ncnc(N2CCCC(N(C)C(=O)C(C)(C)C)C2)c1F. The number of likely N-dealkylation sites (N-methyl/N-ethyl adjacent to an activating group) is 1. The predicted octanol–water partition coefficient (Wildman–Crippen LogP) is 2.65. The Morgan fingerprint density at radius 2 is 2.13 bits per heavy atom. The summed E-state index contributed by atoms with van der Waals surface area (Å²) in [6.45, 7) is 9.00. The van der Waals surface area contributed by atoms with Gasteiger partial charge in [0.15, 0.2) is 11.6 Å². The molecule has 0 radical (unpaired) electrons. The number of aromatic nitrogens is 2. The van der Waals surface area contributed by atoms with Gasteiger partial charge >= 0.3 is 0 Å². The van der Waals surface area contributed by atoms with E-state index >= 15 is 0 Å². The Morgan fingerprint density at radius 1 is 1.43 bits per heavy atom. The third-order valence-corrected chi connectivity index (χ3v) is 4.38. The van der Waals surface area contributed by atoms with Gasteiger partial charge in [-0.15, -0.1) is 0 Å². The van der Waals surface area contributed by atoms with Gasteiger partial charge in [0.05, 0.1) is 5.69 Å². The van der Waals surface area contributed by atoms with Gasteiger partial charge in [-0.2, -0.15) is 0 Å². The number of piperidine rings is 1. The van der Waals surface area contributed by atoms with Crippen LogP contribution in [-0.4, -0.2) is 47.0 Å². The number of hydrogen-bond acceptors (Lipinski definition) is 4. The molecule has 0 bridgehead atoms. The van der Waals surface area contributed by atoms with Crippen LogP contribution in [0.4, 0.5) is 10.2 Å². The van der Waals surface area contributed by atoms with Crippen molar-refractivity contribution in [3.05, 3.63) is 17.8 Å². The maximum absolute atomic E-state index is 14.5. The summed E-state index contributed by atoms with van der Waals surface area (Å²) in [4.78, 5) is 24.4. The predicted molar refractivity (Wildman–Crippen MR) is 88.8 cm³/mol. The van der Waals surface area contributed by atoms with Crippen LogP contribution in [0.15, 0.2) is 6.33 Å². The quantitative estimate of drug-likeness (QED) is 0.858. The second-order valence-corrected chi connectivity index (χ2v) is 7.22. The fourth-order valence-electron chi connectivity index (χ4n) is 3.02. The zero-order chi connectivity index (χ0) is 17.2. The number of anilines is 1. The summed E-state index contributed by atoms with van der Waals surface area (Å²) in [6.07, 6.45) is 3.81. The molecule has 6 heteroatoms. The molecule has 1 saturated heterocycles. The number of carbonyl (C=O) groups is 1. The van der Waals surface area contributed by atoms with Crippen molar-refractivity contribution in [1.82, 2.24) is 14.9 Å². The summed E-state index contributed by atoms with van der Waals surface area (Å²) in [5.74, 6) is 0.139. The van der Waals surface area contributed by atoms with Crippen molar-refractivity contribution in [3.8, 4) is 0 Å². The lowest BCUT2D eigenvalue weighted by atomic mass is 9.93. The molecule has 128 valence electrons. The molecule has 2 rings (SSSR count). The second kappa shape index (κ2) is 6.81. The molecule has 2 heterocycles. The molecule has 1 aliphatic heterocycles. The molecule has 0 N–H and O–H groups in total. The molecule has 1 aromatic heterocycles. The van der Waals surface area contributed by atoms with Crippen LogP contribution in [-0.2, 0) is 11.2 Å². The van der Waals surface area contributed by atoms with Crippen molar-refractivity contribution in [2.24, 2.45) is 5.41 Å². The molecular formula is C17H27FN4O. The highest BCUT2D eigenvalue weighted by Gasteiger charge is 2.33. The van der Waals surface area contributed by atoms with E-state index in [1.165, 1.54) is 6.33 Å². The van der Waals surface area contributed by atoms with E-state index < -0.39 is 5.41 Å². The highest BCUT2D eigenvalue weighted by Crippen LogP contribution is 2.26. The third-order valence-electron chi connectivity index (χ3n) is 4.38. The highest BCUT2D eigenvalue weighted by molar-refractivity contribution is 5.81. The first-order valence-electron chi connectivity index (χ1n) is 8.27. The number of nitrogens with zero attached hydrogens (tertiary/aromatic N) is 4. The summed E-state index contributed by atoms with van der Waals surface area (Å²) in [7, 11) is 1.84. The van der Waals surface area contributed by atoms with Crippen molar-refractivity contribution in [3.63, 3.8) is 0 Å². The monoisotopic (exact) mass is 322 g/mol. The van der Waals surface area contributed by atoms with Crippen LogP contribution in [0.2, 0.25) is 0 Å².